The van der Waals surface area contributed by atoms with E-state index in [-0.39, 0.29) is 12.0 Å². The summed E-state index contributed by atoms with van der Waals surface area (Å²) in [6.07, 6.45) is 0.777. The van der Waals surface area contributed by atoms with Crippen molar-refractivity contribution in [1.29, 1.82) is 0 Å². The van der Waals surface area contributed by atoms with Crippen LogP contribution in [0.15, 0.2) is 0 Å². The van der Waals surface area contributed by atoms with E-state index in [1.54, 1.807) is 0 Å². The van der Waals surface area contributed by atoms with Gasteiger partial charge in [-0.3, -0.25) is 4.79 Å². The molecule has 6 nitrogen and oxygen atoms in total. The smallest absolute Gasteiger partial charge is 0.332 e. The molecule has 16 heavy (non-hydrogen) atoms. The third-order valence-electron chi connectivity index (χ3n) is 2.66. The van der Waals surface area contributed by atoms with E-state index in [0.717, 1.165) is 0 Å². The number of carbonyl (C=O) groups is 2. The molecule has 0 saturated carbocycles. The molecule has 92 valence electrons. The third kappa shape index (κ3) is 3.46. The van der Waals surface area contributed by atoms with E-state index in [4.69, 9.17) is 15.6 Å². The monoisotopic (exact) mass is 230 g/mol. The lowest BCUT2D eigenvalue weighted by molar-refractivity contribution is -0.149. The van der Waals surface area contributed by atoms with Crippen LogP contribution >= 0.6 is 0 Å². The Labute approximate surface area is 94.1 Å². The van der Waals surface area contributed by atoms with Crippen molar-refractivity contribution < 1.29 is 19.4 Å². The first-order chi connectivity index (χ1) is 7.54. The summed E-state index contributed by atoms with van der Waals surface area (Å²) >= 11 is 0. The fourth-order valence-electron chi connectivity index (χ4n) is 1.57. The second-order valence-corrected chi connectivity index (χ2v) is 3.92. The van der Waals surface area contributed by atoms with Crippen LogP contribution in [-0.4, -0.2) is 41.8 Å². The highest BCUT2D eigenvalue weighted by molar-refractivity contribution is 5.81. The molecule has 2 unspecified atom stereocenters. The van der Waals surface area contributed by atoms with Crippen molar-refractivity contribution in [2.45, 2.75) is 44.4 Å². The largest absolute Gasteiger partial charge is 0.479 e. The number of hydrogen-bond acceptors (Lipinski definition) is 4. The molecule has 1 aliphatic rings. The fraction of sp³-hybridized carbons (Fsp3) is 0.800. The maximum Gasteiger partial charge on any atom is 0.332 e. The van der Waals surface area contributed by atoms with Crippen molar-refractivity contribution in [2.75, 3.05) is 6.54 Å². The van der Waals surface area contributed by atoms with E-state index >= 15 is 0 Å². The van der Waals surface area contributed by atoms with Crippen LogP contribution in [-0.2, 0) is 14.3 Å². The molecule has 0 aromatic carbocycles. The average Bonchev–Trinajstić information content (AvgIpc) is 2.73. The van der Waals surface area contributed by atoms with Crippen molar-refractivity contribution in [3.8, 4) is 0 Å². The maximum atomic E-state index is 11.3. The van der Waals surface area contributed by atoms with Gasteiger partial charge in [-0.25, -0.2) is 4.79 Å². The highest BCUT2D eigenvalue weighted by Gasteiger charge is 2.30. The molecule has 1 rings (SSSR count). The highest BCUT2D eigenvalue weighted by atomic mass is 16.5. The molecule has 0 radical (unpaired) electrons. The van der Waals surface area contributed by atoms with Gasteiger partial charge in [0.15, 0.2) is 6.10 Å². The zero-order chi connectivity index (χ0) is 12.1. The van der Waals surface area contributed by atoms with Gasteiger partial charge in [-0.2, -0.15) is 0 Å². The predicted molar refractivity (Wildman–Crippen MR) is 56.8 cm³/mol. The molecule has 0 aliphatic carbocycles. The highest BCUT2D eigenvalue weighted by Crippen LogP contribution is 2.19. The molecular formula is C10H18N2O4. The second-order valence-electron chi connectivity index (χ2n) is 3.92. The summed E-state index contributed by atoms with van der Waals surface area (Å²) in [7, 11) is 0. The predicted octanol–water partition coefficient (Wildman–Crippen LogP) is -0.528. The average molecular weight is 230 g/mol. The van der Waals surface area contributed by atoms with E-state index in [9.17, 15) is 9.59 Å². The van der Waals surface area contributed by atoms with Gasteiger partial charge in [0, 0.05) is 6.54 Å². The number of carboxylic acids is 1. The van der Waals surface area contributed by atoms with Crippen LogP contribution in [0.5, 0.6) is 0 Å². The lowest BCUT2D eigenvalue weighted by Crippen LogP contribution is -2.43. The van der Waals surface area contributed by atoms with Gasteiger partial charge in [-0.05, 0) is 19.3 Å². The van der Waals surface area contributed by atoms with Crippen LogP contribution in [0.3, 0.4) is 0 Å². The summed E-state index contributed by atoms with van der Waals surface area (Å²) in [5.41, 5.74) is 5.53. The number of aliphatic carboxylic acids is 1. The molecule has 1 saturated heterocycles. The molecule has 0 spiro atoms. The Kier molecular flexibility index (Phi) is 4.70. The van der Waals surface area contributed by atoms with Crippen LogP contribution in [0.4, 0.5) is 0 Å². The molecule has 3 atom stereocenters. The fourth-order valence-corrected chi connectivity index (χ4v) is 1.57. The van der Waals surface area contributed by atoms with Gasteiger partial charge < -0.3 is 20.9 Å². The van der Waals surface area contributed by atoms with E-state index in [1.165, 1.54) is 0 Å². The number of amides is 1. The Morgan fingerprint density at radius 1 is 1.56 bits per heavy atom. The van der Waals surface area contributed by atoms with Crippen LogP contribution in [0, 0.1) is 0 Å². The van der Waals surface area contributed by atoms with E-state index < -0.39 is 18.1 Å². The molecule has 1 fully saturated rings. The van der Waals surface area contributed by atoms with Crippen molar-refractivity contribution in [1.82, 2.24) is 5.32 Å². The number of nitrogens with one attached hydrogen (secondary N) is 1. The summed E-state index contributed by atoms with van der Waals surface area (Å²) in [5, 5.41) is 11.4. The summed E-state index contributed by atoms with van der Waals surface area (Å²) in [5.74, 6) is -1.16. The van der Waals surface area contributed by atoms with Gasteiger partial charge in [0.2, 0.25) is 5.91 Å². The van der Waals surface area contributed by atoms with E-state index in [0.29, 0.717) is 25.8 Å². The molecular weight excluding hydrogens is 212 g/mol. The normalized spacial score (nSPS) is 26.4. The topological polar surface area (TPSA) is 102 Å². The van der Waals surface area contributed by atoms with Crippen molar-refractivity contribution in [2.24, 2.45) is 5.73 Å². The van der Waals surface area contributed by atoms with Crippen LogP contribution < -0.4 is 11.1 Å². The molecule has 1 heterocycles. The third-order valence-corrected chi connectivity index (χ3v) is 2.66. The molecule has 1 amide bonds. The van der Waals surface area contributed by atoms with Gasteiger partial charge in [-0.1, -0.05) is 6.92 Å². The van der Waals surface area contributed by atoms with Gasteiger partial charge in [0.1, 0.15) is 0 Å². The SMILES string of the molecule is CC[C@H](N)C(=O)NCC1CCC(C(=O)O)O1. The minimum atomic E-state index is -0.945. The second kappa shape index (κ2) is 5.81. The lowest BCUT2D eigenvalue weighted by Gasteiger charge is -2.14. The molecule has 0 aromatic rings. The minimum Gasteiger partial charge on any atom is -0.479 e. The molecule has 0 bridgehead atoms. The van der Waals surface area contributed by atoms with Crippen molar-refractivity contribution in [3.63, 3.8) is 0 Å². The van der Waals surface area contributed by atoms with E-state index in [1.807, 2.05) is 6.92 Å². The number of carboxylic acid groups (broad SMARTS) is 1. The molecule has 0 aromatic heterocycles. The first kappa shape index (κ1) is 12.9. The van der Waals surface area contributed by atoms with Crippen LogP contribution in [0.25, 0.3) is 0 Å². The number of ether oxygens (including phenoxy) is 1. The van der Waals surface area contributed by atoms with Gasteiger partial charge >= 0.3 is 5.97 Å². The maximum absolute atomic E-state index is 11.3. The molecule has 6 heteroatoms. The molecule has 1 aliphatic heterocycles. The Hall–Kier alpha value is -1.14. The van der Waals surface area contributed by atoms with Crippen LogP contribution in [0.2, 0.25) is 0 Å². The Balaban J connectivity index is 2.25. The Morgan fingerprint density at radius 3 is 2.75 bits per heavy atom. The number of hydrogen-bond donors (Lipinski definition) is 3. The number of carbonyl (C=O) groups excluding carboxylic acids is 1. The Morgan fingerprint density at radius 2 is 2.25 bits per heavy atom. The van der Waals surface area contributed by atoms with Gasteiger partial charge in [-0.15, -0.1) is 0 Å². The summed E-state index contributed by atoms with van der Waals surface area (Å²) in [6.45, 7) is 2.16. The lowest BCUT2D eigenvalue weighted by atomic mass is 10.2. The quantitative estimate of drug-likeness (QED) is 0.589. The van der Waals surface area contributed by atoms with Crippen molar-refractivity contribution in [3.05, 3.63) is 0 Å². The van der Waals surface area contributed by atoms with Crippen molar-refractivity contribution >= 4 is 11.9 Å². The van der Waals surface area contributed by atoms with Gasteiger partial charge in [0.25, 0.3) is 0 Å². The molecule has 4 N–H and O–H groups in total. The zero-order valence-corrected chi connectivity index (χ0v) is 9.31. The van der Waals surface area contributed by atoms with Crippen LogP contribution in [0.1, 0.15) is 26.2 Å². The summed E-state index contributed by atoms with van der Waals surface area (Å²) in [6, 6.07) is -0.503. The van der Waals surface area contributed by atoms with Gasteiger partial charge in [0.05, 0.1) is 12.1 Å². The number of rotatable bonds is 5. The number of nitrogens with two attached hydrogens (primary N) is 1. The summed E-state index contributed by atoms with van der Waals surface area (Å²) in [4.78, 5) is 21.9. The standard InChI is InChI=1S/C10H18N2O4/c1-2-7(11)9(13)12-5-6-3-4-8(16-6)10(14)15/h6-8H,2-5,11H2,1H3,(H,12,13)(H,14,15)/t6?,7-,8?/m0/s1. The summed E-state index contributed by atoms with van der Waals surface area (Å²) < 4.78 is 5.23. The minimum absolute atomic E-state index is 0.214. The van der Waals surface area contributed by atoms with E-state index in [2.05, 4.69) is 5.32 Å². The zero-order valence-electron chi connectivity index (χ0n) is 9.31. The first-order valence-corrected chi connectivity index (χ1v) is 5.46. The Bertz CT molecular complexity index is 270. The first-order valence-electron chi connectivity index (χ1n) is 5.46.